The molecular weight excluding hydrogens is 282 g/mol. The van der Waals surface area contributed by atoms with E-state index in [1.54, 1.807) is 0 Å². The van der Waals surface area contributed by atoms with E-state index in [2.05, 4.69) is 28.3 Å². The summed E-state index contributed by atoms with van der Waals surface area (Å²) in [6.07, 6.45) is 3.64. The largest absolute Gasteiger partial charge is 0.369 e. The van der Waals surface area contributed by atoms with Crippen LogP contribution < -0.4 is 5.32 Å². The van der Waals surface area contributed by atoms with E-state index < -0.39 is 0 Å². The van der Waals surface area contributed by atoms with Gasteiger partial charge in [-0.2, -0.15) is 0 Å². The van der Waals surface area contributed by atoms with Crippen molar-refractivity contribution in [2.75, 3.05) is 11.9 Å². The number of nitrogens with zero attached hydrogens (tertiary/aromatic N) is 2. The van der Waals surface area contributed by atoms with Gasteiger partial charge in [-0.05, 0) is 47.9 Å². The molecular formula is C17H16ClN3. The molecule has 1 N–H and O–H groups in total. The summed E-state index contributed by atoms with van der Waals surface area (Å²) in [5.74, 6) is 1.26. The number of anilines is 1. The minimum atomic E-state index is 0.393. The number of aromatic nitrogens is 2. The lowest BCUT2D eigenvalue weighted by Gasteiger charge is -2.13. The van der Waals surface area contributed by atoms with E-state index in [1.807, 2.05) is 48.8 Å². The van der Waals surface area contributed by atoms with E-state index in [0.29, 0.717) is 10.9 Å². The van der Waals surface area contributed by atoms with Crippen LogP contribution in [0.1, 0.15) is 18.4 Å². The minimum Gasteiger partial charge on any atom is -0.369 e. The fraction of sp³-hybridized carbons (Fsp3) is 0.176. The van der Waals surface area contributed by atoms with Crippen molar-refractivity contribution in [3.63, 3.8) is 0 Å². The zero-order chi connectivity index (χ0) is 14.7. The fourth-order valence-electron chi connectivity index (χ4n) is 2.26. The number of hydrogen-bond acceptors (Lipinski definition) is 3. The van der Waals surface area contributed by atoms with E-state index >= 15 is 0 Å². The fourth-order valence-corrected chi connectivity index (χ4v) is 2.42. The molecule has 0 aliphatic carbocycles. The van der Waals surface area contributed by atoms with Crippen LogP contribution in [-0.4, -0.2) is 16.5 Å². The van der Waals surface area contributed by atoms with Crippen LogP contribution in [0.25, 0.3) is 10.9 Å². The molecule has 1 aromatic carbocycles. The molecule has 106 valence electrons. The van der Waals surface area contributed by atoms with Crippen molar-refractivity contribution in [2.45, 2.75) is 12.8 Å². The second kappa shape index (κ2) is 6.10. The lowest BCUT2D eigenvalue weighted by atomic mass is 10.0. The molecule has 0 saturated carbocycles. The summed E-state index contributed by atoms with van der Waals surface area (Å²) in [5, 5.41) is 5.18. The normalized spacial score (nSPS) is 12.3. The molecule has 0 radical (unpaired) electrons. The lowest BCUT2D eigenvalue weighted by Crippen LogP contribution is -2.10. The van der Waals surface area contributed by atoms with Crippen LogP contribution in [0.2, 0.25) is 5.02 Å². The number of rotatable bonds is 4. The topological polar surface area (TPSA) is 37.8 Å². The quantitative estimate of drug-likeness (QED) is 0.770. The number of halogens is 1. The summed E-state index contributed by atoms with van der Waals surface area (Å²) in [4.78, 5) is 8.64. The highest BCUT2D eigenvalue weighted by atomic mass is 35.5. The average Bonchev–Trinajstić information content (AvgIpc) is 2.53. The zero-order valence-electron chi connectivity index (χ0n) is 11.8. The van der Waals surface area contributed by atoms with Crippen LogP contribution in [0, 0.1) is 0 Å². The highest BCUT2D eigenvalue weighted by Gasteiger charge is 2.05. The highest BCUT2D eigenvalue weighted by molar-refractivity contribution is 6.31. The SMILES string of the molecule is CC(CNc1ccc2ccc(Cl)cc2n1)c1ccncc1. The van der Waals surface area contributed by atoms with Crippen LogP contribution in [0.15, 0.2) is 54.9 Å². The second-order valence-corrected chi connectivity index (χ2v) is 5.53. The smallest absolute Gasteiger partial charge is 0.126 e. The first-order chi connectivity index (χ1) is 10.2. The number of fused-ring (bicyclic) bond motifs is 1. The van der Waals surface area contributed by atoms with Gasteiger partial charge in [-0.3, -0.25) is 4.98 Å². The van der Waals surface area contributed by atoms with Crippen LogP contribution in [-0.2, 0) is 0 Å². The predicted octanol–water partition coefficient (Wildman–Crippen LogP) is 4.50. The molecule has 21 heavy (non-hydrogen) atoms. The Morgan fingerprint density at radius 1 is 1.10 bits per heavy atom. The van der Waals surface area contributed by atoms with Gasteiger partial charge in [0.1, 0.15) is 5.82 Å². The molecule has 0 aliphatic heterocycles. The van der Waals surface area contributed by atoms with Crippen molar-refractivity contribution < 1.29 is 0 Å². The van der Waals surface area contributed by atoms with Crippen molar-refractivity contribution >= 4 is 28.3 Å². The van der Waals surface area contributed by atoms with Crippen LogP contribution >= 0.6 is 11.6 Å². The van der Waals surface area contributed by atoms with Crippen LogP contribution in [0.5, 0.6) is 0 Å². The molecule has 0 spiro atoms. The molecule has 3 rings (SSSR count). The molecule has 3 aromatic rings. The molecule has 0 bridgehead atoms. The number of hydrogen-bond donors (Lipinski definition) is 1. The second-order valence-electron chi connectivity index (χ2n) is 5.10. The summed E-state index contributed by atoms with van der Waals surface area (Å²) < 4.78 is 0. The molecule has 3 nitrogen and oxygen atoms in total. The van der Waals surface area contributed by atoms with E-state index in [1.165, 1.54) is 5.56 Å². The molecule has 1 unspecified atom stereocenters. The van der Waals surface area contributed by atoms with Gasteiger partial charge < -0.3 is 5.32 Å². The van der Waals surface area contributed by atoms with Gasteiger partial charge in [0.25, 0.3) is 0 Å². The summed E-state index contributed by atoms with van der Waals surface area (Å²) in [5.41, 5.74) is 2.17. The number of pyridine rings is 2. The van der Waals surface area contributed by atoms with E-state index in [9.17, 15) is 0 Å². The first-order valence-electron chi connectivity index (χ1n) is 6.92. The minimum absolute atomic E-state index is 0.393. The first kappa shape index (κ1) is 13.8. The van der Waals surface area contributed by atoms with Crippen molar-refractivity contribution in [3.8, 4) is 0 Å². The number of benzene rings is 1. The Hall–Kier alpha value is -2.13. The van der Waals surface area contributed by atoms with E-state index in [-0.39, 0.29) is 0 Å². The Labute approximate surface area is 129 Å². The Kier molecular flexibility index (Phi) is 4.02. The van der Waals surface area contributed by atoms with Gasteiger partial charge in [-0.15, -0.1) is 0 Å². The first-order valence-corrected chi connectivity index (χ1v) is 7.30. The van der Waals surface area contributed by atoms with Gasteiger partial charge in [0.15, 0.2) is 0 Å². The summed E-state index contributed by atoms with van der Waals surface area (Å²) in [7, 11) is 0. The molecule has 4 heteroatoms. The monoisotopic (exact) mass is 297 g/mol. The molecule has 0 amide bonds. The average molecular weight is 298 g/mol. The maximum atomic E-state index is 6.01. The molecule has 0 saturated heterocycles. The third-order valence-corrected chi connectivity index (χ3v) is 3.75. The van der Waals surface area contributed by atoms with Gasteiger partial charge in [0.2, 0.25) is 0 Å². The Bertz CT molecular complexity index is 743. The third-order valence-electron chi connectivity index (χ3n) is 3.52. The van der Waals surface area contributed by atoms with E-state index in [0.717, 1.165) is 23.3 Å². The summed E-state index contributed by atoms with van der Waals surface area (Å²) in [6.45, 7) is 3.00. The van der Waals surface area contributed by atoms with Crippen molar-refractivity contribution in [3.05, 3.63) is 65.4 Å². The van der Waals surface area contributed by atoms with Gasteiger partial charge in [-0.25, -0.2) is 4.98 Å². The van der Waals surface area contributed by atoms with Crippen molar-refractivity contribution in [2.24, 2.45) is 0 Å². The maximum absolute atomic E-state index is 6.01. The third kappa shape index (κ3) is 3.31. The maximum Gasteiger partial charge on any atom is 0.126 e. The highest BCUT2D eigenvalue weighted by Crippen LogP contribution is 2.20. The Balaban J connectivity index is 1.73. The van der Waals surface area contributed by atoms with Crippen LogP contribution in [0.3, 0.4) is 0 Å². The molecule has 0 fully saturated rings. The molecule has 2 aromatic heterocycles. The zero-order valence-corrected chi connectivity index (χ0v) is 12.5. The van der Waals surface area contributed by atoms with Crippen molar-refractivity contribution in [1.29, 1.82) is 0 Å². The van der Waals surface area contributed by atoms with Gasteiger partial charge in [0, 0.05) is 29.3 Å². The molecule has 2 heterocycles. The van der Waals surface area contributed by atoms with E-state index in [4.69, 9.17) is 11.6 Å². The van der Waals surface area contributed by atoms with Gasteiger partial charge >= 0.3 is 0 Å². The molecule has 1 atom stereocenters. The van der Waals surface area contributed by atoms with Crippen molar-refractivity contribution in [1.82, 2.24) is 9.97 Å². The van der Waals surface area contributed by atoms with Gasteiger partial charge in [0.05, 0.1) is 5.52 Å². The Morgan fingerprint density at radius 3 is 2.67 bits per heavy atom. The summed E-state index contributed by atoms with van der Waals surface area (Å²) >= 11 is 6.01. The molecule has 0 aliphatic rings. The predicted molar refractivity (Wildman–Crippen MR) is 87.9 cm³/mol. The van der Waals surface area contributed by atoms with Gasteiger partial charge in [-0.1, -0.05) is 24.6 Å². The summed E-state index contributed by atoms with van der Waals surface area (Å²) in [6, 6.07) is 13.9. The lowest BCUT2D eigenvalue weighted by molar-refractivity contribution is 0.800. The number of nitrogens with one attached hydrogen (secondary N) is 1. The standard InChI is InChI=1S/C17H16ClN3/c1-12(13-6-8-19-9-7-13)11-20-17-5-3-14-2-4-15(18)10-16(14)21-17/h2-10,12H,11H2,1H3,(H,20,21). The van der Waals surface area contributed by atoms with Crippen LogP contribution in [0.4, 0.5) is 5.82 Å². The Morgan fingerprint density at radius 2 is 1.86 bits per heavy atom.